The SMILES string of the molecule is NNc1cccnc1S(=O)(=O)NCCC1CCCCC1. The second-order valence-electron chi connectivity index (χ2n) is 5.19. The first-order valence-corrected chi connectivity index (χ1v) is 8.53. The van der Waals surface area contributed by atoms with E-state index in [9.17, 15) is 8.42 Å². The maximum absolute atomic E-state index is 12.2. The Morgan fingerprint density at radius 1 is 1.30 bits per heavy atom. The molecule has 1 aromatic rings. The van der Waals surface area contributed by atoms with E-state index in [0.717, 1.165) is 6.42 Å². The average molecular weight is 298 g/mol. The van der Waals surface area contributed by atoms with Crippen LogP contribution in [0.2, 0.25) is 0 Å². The van der Waals surface area contributed by atoms with Crippen LogP contribution in [0.25, 0.3) is 0 Å². The van der Waals surface area contributed by atoms with Crippen molar-refractivity contribution in [3.8, 4) is 0 Å². The van der Waals surface area contributed by atoms with E-state index in [-0.39, 0.29) is 5.03 Å². The van der Waals surface area contributed by atoms with Gasteiger partial charge in [-0.1, -0.05) is 32.1 Å². The van der Waals surface area contributed by atoms with Gasteiger partial charge in [-0.3, -0.25) is 5.84 Å². The molecule has 0 aromatic carbocycles. The normalized spacial score (nSPS) is 17.1. The zero-order valence-corrected chi connectivity index (χ0v) is 12.3. The van der Waals surface area contributed by atoms with Crippen LogP contribution in [-0.2, 0) is 10.0 Å². The van der Waals surface area contributed by atoms with Crippen molar-refractivity contribution < 1.29 is 8.42 Å². The number of sulfonamides is 1. The summed E-state index contributed by atoms with van der Waals surface area (Å²) in [4.78, 5) is 3.89. The van der Waals surface area contributed by atoms with Crippen LogP contribution < -0.4 is 16.0 Å². The van der Waals surface area contributed by atoms with Gasteiger partial charge in [0.2, 0.25) is 0 Å². The molecule has 0 unspecified atom stereocenters. The third-order valence-electron chi connectivity index (χ3n) is 3.75. The van der Waals surface area contributed by atoms with Gasteiger partial charge in [0, 0.05) is 12.7 Å². The Kier molecular flexibility index (Phi) is 5.33. The van der Waals surface area contributed by atoms with Gasteiger partial charge >= 0.3 is 0 Å². The van der Waals surface area contributed by atoms with Gasteiger partial charge in [0.15, 0.2) is 5.03 Å². The number of pyridine rings is 1. The van der Waals surface area contributed by atoms with Crippen LogP contribution in [0.3, 0.4) is 0 Å². The summed E-state index contributed by atoms with van der Waals surface area (Å²) in [6.45, 7) is 0.452. The lowest BCUT2D eigenvalue weighted by Gasteiger charge is -2.21. The van der Waals surface area contributed by atoms with Crippen molar-refractivity contribution in [1.82, 2.24) is 9.71 Å². The molecule has 0 aliphatic heterocycles. The zero-order chi connectivity index (χ0) is 14.4. The van der Waals surface area contributed by atoms with Gasteiger partial charge in [-0.25, -0.2) is 18.1 Å². The van der Waals surface area contributed by atoms with Gasteiger partial charge in [0.25, 0.3) is 10.0 Å². The largest absolute Gasteiger partial charge is 0.321 e. The minimum absolute atomic E-state index is 0.0499. The number of nitrogens with zero attached hydrogens (tertiary/aromatic N) is 1. The Labute approximate surface area is 120 Å². The van der Waals surface area contributed by atoms with Crippen LogP contribution in [0, 0.1) is 5.92 Å². The standard InChI is InChI=1S/C13H22N4O2S/c14-17-12-7-4-9-15-13(12)20(18,19)16-10-8-11-5-2-1-3-6-11/h4,7,9,11,16-17H,1-3,5-6,8,10,14H2. The van der Waals surface area contributed by atoms with E-state index in [1.807, 2.05) is 0 Å². The highest BCUT2D eigenvalue weighted by Crippen LogP contribution is 2.26. The van der Waals surface area contributed by atoms with E-state index in [0.29, 0.717) is 18.2 Å². The molecule has 1 heterocycles. The lowest BCUT2D eigenvalue weighted by Crippen LogP contribution is -2.28. The number of hydrazine groups is 1. The summed E-state index contributed by atoms with van der Waals surface area (Å²) in [7, 11) is -3.61. The number of aromatic nitrogens is 1. The molecule has 0 bridgehead atoms. The summed E-state index contributed by atoms with van der Waals surface area (Å²) in [5.74, 6) is 5.95. The fourth-order valence-corrected chi connectivity index (χ4v) is 3.80. The highest BCUT2D eigenvalue weighted by molar-refractivity contribution is 7.89. The van der Waals surface area contributed by atoms with Crippen LogP contribution in [0.15, 0.2) is 23.4 Å². The molecule has 7 heteroatoms. The third-order valence-corrected chi connectivity index (χ3v) is 5.17. The predicted molar refractivity (Wildman–Crippen MR) is 78.4 cm³/mol. The number of rotatable bonds is 6. The predicted octanol–water partition coefficient (Wildman–Crippen LogP) is 1.62. The quantitative estimate of drug-likeness (QED) is 0.547. The molecule has 0 spiro atoms. The molecular weight excluding hydrogens is 276 g/mol. The fraction of sp³-hybridized carbons (Fsp3) is 0.615. The molecular formula is C13H22N4O2S. The maximum Gasteiger partial charge on any atom is 0.260 e. The van der Waals surface area contributed by atoms with Gasteiger partial charge in [0.1, 0.15) is 0 Å². The molecule has 0 radical (unpaired) electrons. The van der Waals surface area contributed by atoms with Crippen LogP contribution in [0.5, 0.6) is 0 Å². The number of hydrogen-bond donors (Lipinski definition) is 3. The Morgan fingerprint density at radius 2 is 2.05 bits per heavy atom. The van der Waals surface area contributed by atoms with E-state index >= 15 is 0 Å². The van der Waals surface area contributed by atoms with Gasteiger partial charge in [0.05, 0.1) is 5.69 Å². The average Bonchev–Trinajstić information content (AvgIpc) is 2.48. The van der Waals surface area contributed by atoms with Crippen molar-refractivity contribution in [1.29, 1.82) is 0 Å². The number of nitrogen functional groups attached to an aromatic ring is 1. The van der Waals surface area contributed by atoms with Crippen LogP contribution >= 0.6 is 0 Å². The number of nitrogens with two attached hydrogens (primary N) is 1. The molecule has 1 fully saturated rings. The number of hydrogen-bond acceptors (Lipinski definition) is 5. The summed E-state index contributed by atoms with van der Waals surface area (Å²) in [6, 6.07) is 3.22. The smallest absolute Gasteiger partial charge is 0.260 e. The first-order chi connectivity index (χ1) is 9.63. The number of nitrogens with one attached hydrogen (secondary N) is 2. The van der Waals surface area contributed by atoms with Gasteiger partial charge in [-0.05, 0) is 24.5 Å². The van der Waals surface area contributed by atoms with E-state index < -0.39 is 10.0 Å². The van der Waals surface area contributed by atoms with Gasteiger partial charge < -0.3 is 5.43 Å². The second kappa shape index (κ2) is 7.01. The molecule has 1 aromatic heterocycles. The van der Waals surface area contributed by atoms with Crippen LogP contribution in [0.1, 0.15) is 38.5 Å². The second-order valence-corrected chi connectivity index (χ2v) is 6.87. The van der Waals surface area contributed by atoms with Crippen molar-refractivity contribution in [3.05, 3.63) is 18.3 Å². The van der Waals surface area contributed by atoms with Crippen molar-refractivity contribution in [2.24, 2.45) is 11.8 Å². The molecule has 112 valence electrons. The molecule has 1 saturated carbocycles. The molecule has 1 aliphatic rings. The molecule has 4 N–H and O–H groups in total. The minimum atomic E-state index is -3.61. The topological polar surface area (TPSA) is 97.1 Å². The Hall–Kier alpha value is -1.18. The fourth-order valence-electron chi connectivity index (χ4n) is 2.66. The van der Waals surface area contributed by atoms with E-state index in [1.54, 1.807) is 12.1 Å². The molecule has 0 amide bonds. The highest BCUT2D eigenvalue weighted by Gasteiger charge is 2.20. The van der Waals surface area contributed by atoms with Crippen LogP contribution in [-0.4, -0.2) is 19.9 Å². The van der Waals surface area contributed by atoms with Gasteiger partial charge in [-0.2, -0.15) is 0 Å². The molecule has 20 heavy (non-hydrogen) atoms. The number of anilines is 1. The molecule has 0 atom stereocenters. The minimum Gasteiger partial charge on any atom is -0.321 e. The summed E-state index contributed by atoms with van der Waals surface area (Å²) < 4.78 is 27.0. The van der Waals surface area contributed by atoms with Crippen molar-refractivity contribution >= 4 is 15.7 Å². The van der Waals surface area contributed by atoms with Crippen LogP contribution in [0.4, 0.5) is 5.69 Å². The van der Waals surface area contributed by atoms with Crippen molar-refractivity contribution in [3.63, 3.8) is 0 Å². The first-order valence-electron chi connectivity index (χ1n) is 7.05. The van der Waals surface area contributed by atoms with Crippen molar-refractivity contribution in [2.75, 3.05) is 12.0 Å². The molecule has 2 rings (SSSR count). The summed E-state index contributed by atoms with van der Waals surface area (Å²) >= 11 is 0. The van der Waals surface area contributed by atoms with Crippen molar-refractivity contribution in [2.45, 2.75) is 43.6 Å². The maximum atomic E-state index is 12.2. The van der Waals surface area contributed by atoms with E-state index in [4.69, 9.17) is 5.84 Å². The highest BCUT2D eigenvalue weighted by atomic mass is 32.2. The molecule has 1 aliphatic carbocycles. The first kappa shape index (κ1) is 15.2. The third kappa shape index (κ3) is 3.91. The monoisotopic (exact) mass is 298 g/mol. The van der Waals surface area contributed by atoms with E-state index in [1.165, 1.54) is 38.3 Å². The van der Waals surface area contributed by atoms with E-state index in [2.05, 4.69) is 15.1 Å². The molecule has 0 saturated heterocycles. The Morgan fingerprint density at radius 3 is 2.75 bits per heavy atom. The zero-order valence-electron chi connectivity index (χ0n) is 11.5. The Balaban J connectivity index is 1.93. The Bertz CT molecular complexity index is 527. The summed E-state index contributed by atoms with van der Waals surface area (Å²) in [5, 5.41) is -0.0499. The van der Waals surface area contributed by atoms with Gasteiger partial charge in [-0.15, -0.1) is 0 Å². The lowest BCUT2D eigenvalue weighted by molar-refractivity contribution is 0.339. The summed E-state index contributed by atoms with van der Waals surface area (Å²) in [6.07, 6.45) is 8.58. The summed E-state index contributed by atoms with van der Waals surface area (Å²) in [5.41, 5.74) is 2.66. The lowest BCUT2D eigenvalue weighted by atomic mass is 9.87. The molecule has 6 nitrogen and oxygen atoms in total.